The Kier molecular flexibility index (Phi) is 15.8. The zero-order valence-electron chi connectivity index (χ0n) is 40.7. The quantitative estimate of drug-likeness (QED) is 0.254. The molecule has 17 heteroatoms. The van der Waals surface area contributed by atoms with Crippen LogP contribution < -0.4 is 15.4 Å². The number of carbonyl (C=O) groups excluding carboxylic acids is 5. The van der Waals surface area contributed by atoms with Crippen LogP contribution in [-0.4, -0.2) is 137 Å². The first-order chi connectivity index (χ1) is 32.9. The van der Waals surface area contributed by atoms with Gasteiger partial charge in [-0.15, -0.1) is 0 Å². The van der Waals surface area contributed by atoms with Crippen molar-refractivity contribution in [1.29, 1.82) is 0 Å². The number of aliphatic hydroxyl groups is 2. The zero-order valence-corrected chi connectivity index (χ0v) is 40.7. The van der Waals surface area contributed by atoms with Gasteiger partial charge in [-0.1, -0.05) is 76.3 Å². The number of alkyl carbamates (subject to hydrolysis) is 1. The van der Waals surface area contributed by atoms with Crippen LogP contribution in [-0.2, 0) is 30.3 Å². The number of carbonyl (C=O) groups is 5. The smallest absolute Gasteiger partial charge is 0.407 e. The molecule has 69 heavy (non-hydrogen) atoms. The van der Waals surface area contributed by atoms with E-state index >= 15 is 0 Å². The molecule has 5 N–H and O–H groups in total. The van der Waals surface area contributed by atoms with Crippen LogP contribution in [0.25, 0.3) is 0 Å². The van der Waals surface area contributed by atoms with Crippen LogP contribution in [0.5, 0.6) is 11.5 Å². The highest BCUT2D eigenvalue weighted by Crippen LogP contribution is 2.49. The van der Waals surface area contributed by atoms with Crippen LogP contribution in [0.2, 0.25) is 0 Å². The number of aliphatic hydroxyl groups excluding tert-OH is 2. The average Bonchev–Trinajstić information content (AvgIpc) is 3.61. The molecule has 1 aliphatic carbocycles. The van der Waals surface area contributed by atoms with Gasteiger partial charge in [0.15, 0.2) is 0 Å². The summed E-state index contributed by atoms with van der Waals surface area (Å²) >= 11 is 0. The third-order valence-electron chi connectivity index (χ3n) is 14.4. The molecule has 0 unspecified atom stereocenters. The van der Waals surface area contributed by atoms with E-state index in [1.54, 1.807) is 44.7 Å². The van der Waals surface area contributed by atoms with Crippen molar-refractivity contribution in [3.63, 3.8) is 0 Å². The van der Waals surface area contributed by atoms with Crippen LogP contribution in [0, 0.1) is 30.6 Å². The molecule has 2 saturated heterocycles. The van der Waals surface area contributed by atoms with Gasteiger partial charge in [-0.05, 0) is 38.3 Å². The lowest BCUT2D eigenvalue weighted by Crippen LogP contribution is -2.50. The molecule has 5 aliphatic heterocycles. The van der Waals surface area contributed by atoms with Gasteiger partial charge in [0, 0.05) is 87.6 Å². The number of methoxy groups -OCH3 is 1. The van der Waals surface area contributed by atoms with E-state index in [1.165, 1.54) is 51.9 Å². The van der Waals surface area contributed by atoms with Gasteiger partial charge in [0.25, 0.3) is 11.7 Å². The minimum atomic E-state index is -2.10. The van der Waals surface area contributed by atoms with Crippen molar-refractivity contribution in [2.75, 3.05) is 46.5 Å². The summed E-state index contributed by atoms with van der Waals surface area (Å²) in [4.78, 5) is 75.6. The number of Topliss-reactive ketones (excluding diaryl/α,β-unsaturated/α-hetero) is 3. The summed E-state index contributed by atoms with van der Waals surface area (Å²) < 4.78 is 29.9. The van der Waals surface area contributed by atoms with E-state index in [0.717, 1.165) is 19.6 Å². The lowest BCUT2D eigenvalue weighted by Gasteiger charge is -2.38. The van der Waals surface area contributed by atoms with Crippen molar-refractivity contribution in [1.82, 2.24) is 20.4 Å². The molecular formula is C52H66N4O13. The third-order valence-corrected chi connectivity index (χ3v) is 14.4. The minimum absolute atomic E-state index is 0.000681. The number of phenolic OH excluding ortho intramolecular Hbond substituents is 1. The molecule has 0 aromatic heterocycles. The predicted molar refractivity (Wildman–Crippen MR) is 253 cm³/mol. The summed E-state index contributed by atoms with van der Waals surface area (Å²) in [5, 5.41) is 40.8. The Balaban J connectivity index is 1.21. The van der Waals surface area contributed by atoms with Crippen molar-refractivity contribution in [3.05, 3.63) is 106 Å². The van der Waals surface area contributed by atoms with Crippen molar-refractivity contribution >= 4 is 29.4 Å². The van der Waals surface area contributed by atoms with Gasteiger partial charge in [0.2, 0.25) is 11.6 Å². The number of allylic oxidation sites excluding steroid dienone is 4. The molecule has 0 spiro atoms. The molecule has 17 nitrogen and oxygen atoms in total. The van der Waals surface area contributed by atoms with Gasteiger partial charge in [0.05, 0.1) is 54.5 Å². The number of ketones is 3. The largest absolute Gasteiger partial charge is 0.507 e. The molecule has 5 heterocycles. The van der Waals surface area contributed by atoms with Crippen LogP contribution in [0.1, 0.15) is 96.6 Å². The molecule has 2 aromatic rings. The Morgan fingerprint density at radius 1 is 0.884 bits per heavy atom. The van der Waals surface area contributed by atoms with E-state index in [1.807, 2.05) is 18.2 Å². The second kappa shape index (κ2) is 21.4. The summed E-state index contributed by atoms with van der Waals surface area (Å²) in [5.41, 5.74) is -0.274. The first-order valence-corrected chi connectivity index (χ1v) is 23.8. The average molecular weight is 955 g/mol. The van der Waals surface area contributed by atoms with Gasteiger partial charge in [-0.3, -0.25) is 24.1 Å². The van der Waals surface area contributed by atoms with Gasteiger partial charge in [0.1, 0.15) is 29.0 Å². The number of phenols is 1. The number of hydrogen-bond acceptors (Lipinski definition) is 15. The number of hydrogen-bond donors (Lipinski definition) is 5. The van der Waals surface area contributed by atoms with Gasteiger partial charge in [-0.2, -0.15) is 0 Å². The lowest BCUT2D eigenvalue weighted by atomic mass is 9.78. The fraction of sp³-hybridized carbons (Fsp3) is 0.519. The number of piperidine rings is 1. The third kappa shape index (κ3) is 10.5. The molecule has 8 rings (SSSR count). The molecule has 2 fully saturated rings. The summed E-state index contributed by atoms with van der Waals surface area (Å²) in [6.45, 7) is 14.4. The number of ether oxygens (including phenoxy) is 5. The molecule has 0 radical (unpaired) electrons. The Morgan fingerprint density at radius 3 is 2.23 bits per heavy atom. The summed E-state index contributed by atoms with van der Waals surface area (Å²) in [6, 6.07) is 10.0. The number of amides is 2. The normalized spacial score (nSPS) is 31.6. The fourth-order valence-corrected chi connectivity index (χ4v) is 9.97. The van der Waals surface area contributed by atoms with E-state index in [-0.39, 0.29) is 71.8 Å². The van der Waals surface area contributed by atoms with Crippen molar-refractivity contribution in [2.24, 2.45) is 23.7 Å². The Bertz CT molecular complexity index is 2420. The first-order valence-electron chi connectivity index (χ1n) is 23.8. The molecule has 0 saturated carbocycles. The van der Waals surface area contributed by atoms with E-state index in [9.17, 15) is 39.3 Å². The highest BCUT2D eigenvalue weighted by Gasteiger charge is 2.53. The van der Waals surface area contributed by atoms with Crippen molar-refractivity contribution in [2.45, 2.75) is 104 Å². The maximum atomic E-state index is 14.8. The van der Waals surface area contributed by atoms with E-state index in [0.29, 0.717) is 12.8 Å². The SMILES string of the molecule is CO[C@H]1/C=C/O[C@@]2(C)Oc3c(C)c(O)c4c(c3C2=O)C(=O)C(N2CCOCC2)=C(NC(=O)/C(C)=C\C=C\[C@H](C)[C@H](O)[C@@H](C)[C@@H](O)[C@@H](C)[C@H](OC(=O)NC2CCN(Cc3ccccc3)CC2)[C@@H]1C)C4=O. The first kappa shape index (κ1) is 51.0. The number of nitrogens with one attached hydrogen (secondary N) is 2. The summed E-state index contributed by atoms with van der Waals surface area (Å²) in [5.74, 6) is -8.75. The van der Waals surface area contributed by atoms with E-state index < -0.39 is 94.5 Å². The molecule has 2 aromatic carbocycles. The van der Waals surface area contributed by atoms with Crippen LogP contribution in [0.4, 0.5) is 4.79 Å². The molecule has 2 amide bonds. The fourth-order valence-electron chi connectivity index (χ4n) is 9.97. The predicted octanol–water partition coefficient (Wildman–Crippen LogP) is 5.12. The summed E-state index contributed by atoms with van der Waals surface area (Å²) in [7, 11) is 1.45. The van der Waals surface area contributed by atoms with Gasteiger partial charge in [-0.25, -0.2) is 4.79 Å². The maximum absolute atomic E-state index is 14.8. The maximum Gasteiger partial charge on any atom is 0.407 e. The molecule has 9 atom stereocenters. The monoisotopic (exact) mass is 954 g/mol. The highest BCUT2D eigenvalue weighted by atomic mass is 16.7. The molecule has 6 aliphatic rings. The van der Waals surface area contributed by atoms with Crippen LogP contribution >= 0.6 is 0 Å². The molecule has 372 valence electrons. The Labute approximate surface area is 403 Å². The number of fused-ring (bicyclic) bond motifs is 14. The van der Waals surface area contributed by atoms with Crippen molar-refractivity contribution < 1.29 is 63.0 Å². The topological polar surface area (TPSA) is 223 Å². The Morgan fingerprint density at radius 2 is 1.57 bits per heavy atom. The number of benzene rings is 2. The number of likely N-dealkylation sites (tertiary alicyclic amines) is 1. The number of aromatic hydroxyl groups is 1. The highest BCUT2D eigenvalue weighted by molar-refractivity contribution is 6.32. The lowest BCUT2D eigenvalue weighted by molar-refractivity contribution is -0.116. The molecule has 5 bridgehead atoms. The molecular weight excluding hydrogens is 889 g/mol. The van der Waals surface area contributed by atoms with Gasteiger partial charge < -0.3 is 54.5 Å². The van der Waals surface area contributed by atoms with Crippen molar-refractivity contribution in [3.8, 4) is 11.5 Å². The van der Waals surface area contributed by atoms with Crippen LogP contribution in [0.3, 0.4) is 0 Å². The second-order valence-corrected chi connectivity index (χ2v) is 19.1. The zero-order chi connectivity index (χ0) is 49.9. The number of morpholine rings is 1. The number of nitrogens with zero attached hydrogens (tertiary/aromatic N) is 2. The minimum Gasteiger partial charge on any atom is -0.507 e. The Hall–Kier alpha value is -5.85. The van der Waals surface area contributed by atoms with Gasteiger partial charge >= 0.3 is 11.9 Å². The standard InChI is InChI=1S/C52H66N4O13/c1-28-13-12-14-29(2)50(63)54-40-41(56-22-25-66-26-23-56)46(61)37-38(45(40)60)44(59)33(6)48-39(37)49(62)52(7,69-48)67-24-19-36(65-8)30(3)47(32(5)43(58)31(4)42(28)57)68-51(64)53-35-17-20-55(21-18-35)27-34-15-10-9-11-16-34/h9-16,19,24,28,30-32,35-36,42-43,47,57-59H,17-18,20-23,25-27H2,1-8H3,(H,53,64)(H,54,63)/b13-12+,24-19+,29-14-/t28-,30+,31+,32+,36-,42-,43+,47+,52-/m0/s1. The summed E-state index contributed by atoms with van der Waals surface area (Å²) in [6.07, 6.45) is 4.05. The van der Waals surface area contributed by atoms with E-state index in [4.69, 9.17) is 23.7 Å². The number of rotatable bonds is 6. The van der Waals surface area contributed by atoms with Crippen LogP contribution in [0.15, 0.2) is 77.9 Å². The van der Waals surface area contributed by atoms with E-state index in [2.05, 4.69) is 27.7 Å². The second-order valence-electron chi connectivity index (χ2n) is 19.1.